The topological polar surface area (TPSA) is 99.1 Å². The summed E-state index contributed by atoms with van der Waals surface area (Å²) in [6.07, 6.45) is 7.26. The molecule has 0 aliphatic carbocycles. The number of nitrogens with zero attached hydrogens (tertiary/aromatic N) is 2. The van der Waals surface area contributed by atoms with Gasteiger partial charge < -0.3 is 19.5 Å². The highest BCUT2D eigenvalue weighted by Crippen LogP contribution is 2.31. The average Bonchev–Trinajstić information content (AvgIpc) is 3.00. The summed E-state index contributed by atoms with van der Waals surface area (Å²) in [6, 6.07) is 7.92. The van der Waals surface area contributed by atoms with Gasteiger partial charge in [-0.15, -0.1) is 0 Å². The van der Waals surface area contributed by atoms with Crippen molar-refractivity contribution < 1.29 is 23.8 Å². The van der Waals surface area contributed by atoms with Crippen LogP contribution in [0.2, 0.25) is 0 Å². The predicted molar refractivity (Wildman–Crippen MR) is 163 cm³/mol. The summed E-state index contributed by atoms with van der Waals surface area (Å²) in [5.41, 5.74) is 3.64. The number of carbonyl (C=O) groups is 2. The fourth-order valence-corrected chi connectivity index (χ4v) is 5.84. The predicted octanol–water partition coefficient (Wildman–Crippen LogP) is 5.20. The number of aliphatic imine (C=N–C) groups is 1. The second-order valence-corrected chi connectivity index (χ2v) is 11.7. The van der Waals surface area contributed by atoms with Crippen LogP contribution in [-0.4, -0.2) is 66.5 Å². The Morgan fingerprint density at radius 3 is 2.58 bits per heavy atom. The van der Waals surface area contributed by atoms with E-state index >= 15 is 0 Å². The number of fused-ring (bicyclic) bond motifs is 10. The molecular formula is C30H41N3O5S2. The molecule has 1 N–H and O–H groups in total. The standard InChI is InChI=1S/C30H41N3O5S2/c1-4-36-13-14-37-28-26(25-17-32-27(28)21-40-16-10-6-9-15-39-20-25)18-31-22(2)29(34)33-23(3)30(35)38-19-24-11-7-5-8-12-24/h5,7-8,11-12,17-18,22-23H,4,6,9-10,13-16,19-21H2,1-3H3,(H,33,34)/t22-,23-/m0/s1. The smallest absolute Gasteiger partial charge is 0.328 e. The molecule has 2 aromatic rings. The van der Waals surface area contributed by atoms with E-state index in [9.17, 15) is 9.59 Å². The Kier molecular flexibility index (Phi) is 14.4. The number of aromatic nitrogens is 1. The SMILES string of the molecule is CCOCCOc1c2ncc(c1C=N[C@@H](C)C(=O)N[C@@H](C)C(=O)OCc1ccccc1)CSCCCCCSC2. The number of amides is 1. The van der Waals surface area contributed by atoms with Gasteiger partial charge in [0, 0.05) is 36.1 Å². The normalized spacial score (nSPS) is 15.9. The average molecular weight is 588 g/mol. The second-order valence-electron chi connectivity index (χ2n) is 9.46. The Balaban J connectivity index is 1.71. The number of nitrogens with one attached hydrogen (secondary N) is 1. The third-order valence-corrected chi connectivity index (χ3v) is 8.37. The molecule has 0 radical (unpaired) electrons. The molecule has 3 heterocycles. The Bertz CT molecular complexity index is 1100. The van der Waals surface area contributed by atoms with Crippen LogP contribution in [0.25, 0.3) is 0 Å². The molecule has 0 unspecified atom stereocenters. The first-order chi connectivity index (χ1) is 19.5. The summed E-state index contributed by atoms with van der Waals surface area (Å²) >= 11 is 3.73. The van der Waals surface area contributed by atoms with Gasteiger partial charge in [-0.2, -0.15) is 23.5 Å². The number of esters is 1. The van der Waals surface area contributed by atoms with Crippen molar-refractivity contribution >= 4 is 41.6 Å². The van der Waals surface area contributed by atoms with Crippen LogP contribution in [-0.2, 0) is 37.2 Å². The Morgan fingerprint density at radius 2 is 1.82 bits per heavy atom. The van der Waals surface area contributed by atoms with Gasteiger partial charge >= 0.3 is 5.97 Å². The maximum Gasteiger partial charge on any atom is 0.328 e. The molecule has 0 saturated carbocycles. The zero-order valence-electron chi connectivity index (χ0n) is 23.7. The van der Waals surface area contributed by atoms with Crippen LogP contribution in [0.5, 0.6) is 5.75 Å². The number of benzene rings is 1. The Labute approximate surface area is 246 Å². The summed E-state index contributed by atoms with van der Waals surface area (Å²) in [7, 11) is 0. The van der Waals surface area contributed by atoms with Crippen LogP contribution in [0.3, 0.4) is 0 Å². The van der Waals surface area contributed by atoms with E-state index in [1.807, 2.05) is 67.0 Å². The van der Waals surface area contributed by atoms with Crippen molar-refractivity contribution in [2.75, 3.05) is 31.3 Å². The van der Waals surface area contributed by atoms with Crippen LogP contribution < -0.4 is 10.1 Å². The zero-order valence-corrected chi connectivity index (χ0v) is 25.4. The molecule has 40 heavy (non-hydrogen) atoms. The molecule has 8 nitrogen and oxygen atoms in total. The largest absolute Gasteiger partial charge is 0.489 e. The van der Waals surface area contributed by atoms with E-state index in [0.29, 0.717) is 25.6 Å². The minimum atomic E-state index is -0.794. The molecule has 2 aliphatic heterocycles. The van der Waals surface area contributed by atoms with Crippen molar-refractivity contribution in [2.24, 2.45) is 4.99 Å². The molecule has 2 aliphatic rings. The van der Waals surface area contributed by atoms with Crippen molar-refractivity contribution in [2.45, 2.75) is 70.2 Å². The van der Waals surface area contributed by atoms with E-state index in [0.717, 1.165) is 45.4 Å². The monoisotopic (exact) mass is 587 g/mol. The van der Waals surface area contributed by atoms with Crippen molar-refractivity contribution in [1.82, 2.24) is 10.3 Å². The third-order valence-electron chi connectivity index (χ3n) is 6.22. The van der Waals surface area contributed by atoms with Gasteiger partial charge in [-0.3, -0.25) is 14.8 Å². The lowest BCUT2D eigenvalue weighted by molar-refractivity contribution is -0.148. The fourth-order valence-electron chi connectivity index (χ4n) is 3.89. The second kappa shape index (κ2) is 18.0. The molecule has 4 rings (SSSR count). The molecule has 0 fully saturated rings. The summed E-state index contributed by atoms with van der Waals surface area (Å²) < 4.78 is 17.1. The van der Waals surface area contributed by atoms with Crippen molar-refractivity contribution in [1.29, 1.82) is 0 Å². The van der Waals surface area contributed by atoms with Crippen molar-refractivity contribution in [3.63, 3.8) is 0 Å². The van der Waals surface area contributed by atoms with Crippen molar-refractivity contribution in [3.05, 3.63) is 58.9 Å². The minimum Gasteiger partial charge on any atom is -0.489 e. The van der Waals surface area contributed by atoms with Gasteiger partial charge in [-0.25, -0.2) is 4.79 Å². The van der Waals surface area contributed by atoms with Gasteiger partial charge in [0.05, 0.1) is 12.3 Å². The van der Waals surface area contributed by atoms with Crippen LogP contribution in [0, 0.1) is 0 Å². The number of pyridine rings is 1. The van der Waals surface area contributed by atoms with E-state index in [2.05, 4.69) is 10.3 Å². The summed E-state index contributed by atoms with van der Waals surface area (Å²) in [4.78, 5) is 34.7. The number of thioether (sulfide) groups is 2. The van der Waals surface area contributed by atoms with Gasteiger partial charge in [0.15, 0.2) is 5.75 Å². The number of carbonyl (C=O) groups excluding carboxylic acids is 2. The highest BCUT2D eigenvalue weighted by Gasteiger charge is 2.21. The molecule has 1 amide bonds. The van der Waals surface area contributed by atoms with Gasteiger partial charge in [0.1, 0.15) is 25.3 Å². The van der Waals surface area contributed by atoms with E-state index < -0.39 is 18.1 Å². The first-order valence-electron chi connectivity index (χ1n) is 13.9. The molecule has 10 heteroatoms. The van der Waals surface area contributed by atoms with Gasteiger partial charge in [-0.05, 0) is 56.2 Å². The van der Waals surface area contributed by atoms with Crippen LogP contribution in [0.15, 0.2) is 41.5 Å². The summed E-state index contributed by atoms with van der Waals surface area (Å²) in [5.74, 6) is 3.56. The molecule has 0 saturated heterocycles. The number of ether oxygens (including phenoxy) is 3. The van der Waals surface area contributed by atoms with E-state index in [4.69, 9.17) is 19.2 Å². The van der Waals surface area contributed by atoms with E-state index in [-0.39, 0.29) is 12.5 Å². The lowest BCUT2D eigenvalue weighted by Crippen LogP contribution is -2.43. The molecule has 1 aromatic heterocycles. The Morgan fingerprint density at radius 1 is 1.07 bits per heavy atom. The fraction of sp³-hybridized carbons (Fsp3) is 0.533. The highest BCUT2D eigenvalue weighted by atomic mass is 32.2. The molecule has 2 atom stereocenters. The van der Waals surface area contributed by atoms with E-state index in [1.165, 1.54) is 19.3 Å². The lowest BCUT2D eigenvalue weighted by Gasteiger charge is -2.17. The first-order valence-corrected chi connectivity index (χ1v) is 16.2. The number of hydrogen-bond donors (Lipinski definition) is 1. The maximum atomic E-state index is 12.9. The molecule has 2 bridgehead atoms. The van der Waals surface area contributed by atoms with Crippen LogP contribution >= 0.6 is 23.5 Å². The van der Waals surface area contributed by atoms with Gasteiger partial charge in [0.25, 0.3) is 0 Å². The van der Waals surface area contributed by atoms with Crippen LogP contribution in [0.4, 0.5) is 0 Å². The quantitative estimate of drug-likeness (QED) is 0.206. The molecule has 1 aromatic carbocycles. The highest BCUT2D eigenvalue weighted by molar-refractivity contribution is 7.98. The number of rotatable bonds is 12. The molecular weight excluding hydrogens is 546 g/mol. The van der Waals surface area contributed by atoms with Crippen molar-refractivity contribution in [3.8, 4) is 5.75 Å². The van der Waals surface area contributed by atoms with E-state index in [1.54, 1.807) is 20.1 Å². The lowest BCUT2D eigenvalue weighted by atomic mass is 10.1. The summed E-state index contributed by atoms with van der Waals surface area (Å²) in [5, 5.41) is 2.72. The Hall–Kier alpha value is -2.56. The first kappa shape index (κ1) is 32.0. The number of hydrogen-bond acceptors (Lipinski definition) is 9. The molecule has 218 valence electrons. The van der Waals surface area contributed by atoms with Crippen LogP contribution in [0.1, 0.15) is 62.4 Å². The third kappa shape index (κ3) is 10.8. The summed E-state index contributed by atoms with van der Waals surface area (Å²) in [6.45, 7) is 6.94. The maximum absolute atomic E-state index is 12.9. The van der Waals surface area contributed by atoms with Gasteiger partial charge in [0.2, 0.25) is 5.91 Å². The van der Waals surface area contributed by atoms with Gasteiger partial charge in [-0.1, -0.05) is 36.8 Å². The zero-order chi connectivity index (χ0) is 28.6. The minimum absolute atomic E-state index is 0.156. The molecule has 0 spiro atoms.